The first-order valence-electron chi connectivity index (χ1n) is 4.26. The summed E-state index contributed by atoms with van der Waals surface area (Å²) in [7, 11) is 2.04. The van der Waals surface area contributed by atoms with E-state index in [2.05, 4.69) is 16.4 Å². The highest BCUT2D eigenvalue weighted by Gasteiger charge is 2.36. The van der Waals surface area contributed by atoms with Crippen molar-refractivity contribution in [3.8, 4) is 0 Å². The van der Waals surface area contributed by atoms with Crippen molar-refractivity contribution < 1.29 is 0 Å². The molecular formula is C8H15N2OS. The maximum atomic E-state index is 10.2. The fourth-order valence-electron chi connectivity index (χ4n) is 1.69. The van der Waals surface area contributed by atoms with Gasteiger partial charge in [-0.15, -0.1) is 4.91 Å². The molecule has 4 heteroatoms. The zero-order chi connectivity index (χ0) is 9.03. The van der Waals surface area contributed by atoms with E-state index in [9.17, 15) is 4.91 Å². The second-order valence-corrected chi connectivity index (χ2v) is 4.33. The first-order valence-corrected chi connectivity index (χ1v) is 5.04. The molecule has 1 radical (unpaired) electrons. The largest absolute Gasteiger partial charge is 0.290 e. The molecule has 1 aliphatic rings. The Labute approximate surface area is 78.0 Å². The molecule has 0 amide bonds. The molecule has 69 valence electrons. The van der Waals surface area contributed by atoms with Crippen LogP contribution in [0.25, 0.3) is 0 Å². The molecular weight excluding hydrogens is 172 g/mol. The lowest BCUT2D eigenvalue weighted by molar-refractivity contribution is 0.157. The normalized spacial score (nSPS) is 31.8. The van der Waals surface area contributed by atoms with Crippen LogP contribution in [-0.2, 0) is 0 Å². The highest BCUT2D eigenvalue weighted by Crippen LogP contribution is 2.40. The molecule has 12 heavy (non-hydrogen) atoms. The molecule has 1 rings (SSSR count). The molecule has 0 spiro atoms. The summed E-state index contributed by atoms with van der Waals surface area (Å²) in [5.41, 5.74) is 0. The van der Waals surface area contributed by atoms with Crippen molar-refractivity contribution in [1.29, 1.82) is 0 Å². The summed E-state index contributed by atoms with van der Waals surface area (Å²) in [6.45, 7) is 4.94. The Bertz CT molecular complexity index is 165. The lowest BCUT2D eigenvalue weighted by atomic mass is 10.0. The standard InChI is InChI=1S/C8H15N2OS/c1-3-8(12-9-11)6-4-5-7-10(8)2/h1,3-7H2,2H3. The Balaban J connectivity index is 2.65. The molecule has 1 heterocycles. The first-order chi connectivity index (χ1) is 5.75. The zero-order valence-corrected chi connectivity index (χ0v) is 8.27. The molecule has 0 N–H and O–H groups in total. The Hall–Kier alpha value is -0.0900. The zero-order valence-electron chi connectivity index (χ0n) is 7.45. The fourth-order valence-corrected chi connectivity index (χ4v) is 2.39. The predicted molar refractivity (Wildman–Crippen MR) is 52.6 cm³/mol. The SMILES string of the molecule is [CH2]CC1(SN=O)CCCCN1C. The van der Waals surface area contributed by atoms with E-state index < -0.39 is 0 Å². The third kappa shape index (κ3) is 1.80. The molecule has 1 unspecified atom stereocenters. The number of hydrogen-bond donors (Lipinski definition) is 0. The number of likely N-dealkylation sites (tertiary alicyclic amines) is 1. The van der Waals surface area contributed by atoms with Crippen LogP contribution in [0.4, 0.5) is 0 Å². The van der Waals surface area contributed by atoms with Crippen LogP contribution in [0.3, 0.4) is 0 Å². The van der Waals surface area contributed by atoms with Crippen molar-refractivity contribution in [2.45, 2.75) is 30.6 Å². The van der Waals surface area contributed by atoms with Crippen LogP contribution >= 0.6 is 11.9 Å². The van der Waals surface area contributed by atoms with E-state index in [1.54, 1.807) is 0 Å². The van der Waals surface area contributed by atoms with Gasteiger partial charge in [0.15, 0.2) is 0 Å². The van der Waals surface area contributed by atoms with Gasteiger partial charge in [0.05, 0.1) is 4.87 Å². The fraction of sp³-hybridized carbons (Fsp3) is 0.875. The van der Waals surface area contributed by atoms with Gasteiger partial charge in [-0.2, -0.15) is 0 Å². The number of nitrogens with zero attached hydrogens (tertiary/aromatic N) is 2. The second-order valence-electron chi connectivity index (χ2n) is 3.24. The predicted octanol–water partition coefficient (Wildman–Crippen LogP) is 2.44. The van der Waals surface area contributed by atoms with Gasteiger partial charge in [-0.3, -0.25) is 4.90 Å². The summed E-state index contributed by atoms with van der Waals surface area (Å²) in [5, 5.41) is 0. The summed E-state index contributed by atoms with van der Waals surface area (Å²) >= 11 is 1.14. The Morgan fingerprint density at radius 3 is 2.92 bits per heavy atom. The van der Waals surface area contributed by atoms with E-state index in [4.69, 9.17) is 0 Å². The van der Waals surface area contributed by atoms with Crippen molar-refractivity contribution in [2.75, 3.05) is 13.6 Å². The molecule has 1 saturated heterocycles. The van der Waals surface area contributed by atoms with Gasteiger partial charge < -0.3 is 0 Å². The smallest absolute Gasteiger partial charge is 0.0921 e. The molecule has 1 fully saturated rings. The van der Waals surface area contributed by atoms with Crippen LogP contribution in [0.15, 0.2) is 4.58 Å². The average Bonchev–Trinajstić information content (AvgIpc) is 2.10. The summed E-state index contributed by atoms with van der Waals surface area (Å²) in [6, 6.07) is 0. The van der Waals surface area contributed by atoms with E-state index in [-0.39, 0.29) is 4.87 Å². The Morgan fingerprint density at radius 2 is 2.42 bits per heavy atom. The average molecular weight is 187 g/mol. The maximum absolute atomic E-state index is 10.2. The number of nitroso groups, excluding NO2 is 1. The van der Waals surface area contributed by atoms with Gasteiger partial charge in [0.1, 0.15) is 0 Å². The quantitative estimate of drug-likeness (QED) is 0.502. The van der Waals surface area contributed by atoms with Crippen molar-refractivity contribution in [3.63, 3.8) is 0 Å². The molecule has 0 aliphatic carbocycles. The molecule has 0 bridgehead atoms. The lowest BCUT2D eigenvalue weighted by Crippen LogP contribution is -2.46. The Morgan fingerprint density at radius 1 is 1.67 bits per heavy atom. The highest BCUT2D eigenvalue weighted by molar-refractivity contribution is 7.99. The third-order valence-electron chi connectivity index (χ3n) is 2.60. The molecule has 0 saturated carbocycles. The second kappa shape index (κ2) is 4.23. The minimum absolute atomic E-state index is 0.111. The number of hydrogen-bond acceptors (Lipinski definition) is 4. The van der Waals surface area contributed by atoms with Gasteiger partial charge in [0.2, 0.25) is 0 Å². The van der Waals surface area contributed by atoms with E-state index >= 15 is 0 Å². The number of rotatable bonds is 3. The molecule has 0 aromatic carbocycles. The summed E-state index contributed by atoms with van der Waals surface area (Å²) in [6.07, 6.45) is 4.18. The van der Waals surface area contributed by atoms with Crippen LogP contribution in [0.1, 0.15) is 25.7 Å². The highest BCUT2D eigenvalue weighted by atomic mass is 32.2. The van der Waals surface area contributed by atoms with Crippen LogP contribution in [-0.4, -0.2) is 23.4 Å². The lowest BCUT2D eigenvalue weighted by Gasteiger charge is -2.41. The van der Waals surface area contributed by atoms with Gasteiger partial charge in [-0.05, 0) is 39.3 Å². The molecule has 1 atom stereocenters. The first kappa shape index (κ1) is 9.99. The van der Waals surface area contributed by atoms with E-state index in [1.807, 2.05) is 7.05 Å². The third-order valence-corrected chi connectivity index (χ3v) is 3.74. The molecule has 3 nitrogen and oxygen atoms in total. The van der Waals surface area contributed by atoms with Crippen molar-refractivity contribution in [1.82, 2.24) is 4.90 Å². The minimum Gasteiger partial charge on any atom is -0.290 e. The maximum Gasteiger partial charge on any atom is 0.0921 e. The number of piperidine rings is 1. The minimum atomic E-state index is -0.111. The van der Waals surface area contributed by atoms with Gasteiger partial charge >= 0.3 is 0 Å². The van der Waals surface area contributed by atoms with Crippen molar-refractivity contribution in [2.24, 2.45) is 4.58 Å². The molecule has 0 aromatic rings. The Kier molecular flexibility index (Phi) is 3.53. The van der Waals surface area contributed by atoms with Gasteiger partial charge in [-0.25, -0.2) is 0 Å². The summed E-state index contributed by atoms with van der Waals surface area (Å²) < 4.78 is 2.94. The molecule has 0 aromatic heterocycles. The summed E-state index contributed by atoms with van der Waals surface area (Å²) in [4.78, 5) is 12.3. The van der Waals surface area contributed by atoms with Crippen LogP contribution in [0.2, 0.25) is 0 Å². The molecule has 1 aliphatic heterocycles. The summed E-state index contributed by atoms with van der Waals surface area (Å²) in [5.74, 6) is 0. The van der Waals surface area contributed by atoms with E-state index in [0.29, 0.717) is 0 Å². The van der Waals surface area contributed by atoms with Crippen LogP contribution in [0.5, 0.6) is 0 Å². The van der Waals surface area contributed by atoms with Gasteiger partial charge in [0, 0.05) is 16.5 Å². The van der Waals surface area contributed by atoms with Crippen molar-refractivity contribution >= 4 is 11.9 Å². The monoisotopic (exact) mass is 187 g/mol. The van der Waals surface area contributed by atoms with E-state index in [0.717, 1.165) is 31.3 Å². The van der Waals surface area contributed by atoms with Gasteiger partial charge in [-0.1, -0.05) is 6.92 Å². The van der Waals surface area contributed by atoms with Crippen LogP contribution < -0.4 is 0 Å². The van der Waals surface area contributed by atoms with E-state index in [1.165, 1.54) is 12.8 Å². The van der Waals surface area contributed by atoms with Gasteiger partial charge in [0.25, 0.3) is 0 Å². The van der Waals surface area contributed by atoms with Crippen LogP contribution in [0, 0.1) is 11.8 Å². The van der Waals surface area contributed by atoms with Crippen molar-refractivity contribution in [3.05, 3.63) is 11.8 Å². The topological polar surface area (TPSA) is 32.7 Å².